The average molecular weight is 402 g/mol. The van der Waals surface area contributed by atoms with Crippen LogP contribution in [0, 0.1) is 10.1 Å². The quantitative estimate of drug-likeness (QED) is 0.398. The molecule has 0 fully saturated rings. The molecule has 0 amide bonds. The summed E-state index contributed by atoms with van der Waals surface area (Å²) in [6.45, 7) is 0. The highest BCUT2D eigenvalue weighted by molar-refractivity contribution is 8.14. The van der Waals surface area contributed by atoms with Crippen molar-refractivity contribution in [3.05, 3.63) is 57.6 Å². The Balaban J connectivity index is 1.86. The maximum absolute atomic E-state index is 12.9. The van der Waals surface area contributed by atoms with Crippen LogP contribution < -0.4 is 14.2 Å². The van der Waals surface area contributed by atoms with E-state index in [0.29, 0.717) is 33.6 Å². The summed E-state index contributed by atoms with van der Waals surface area (Å²) in [5, 5.41) is 11.5. The zero-order valence-corrected chi connectivity index (χ0v) is 16.3. The second kappa shape index (κ2) is 8.30. The van der Waals surface area contributed by atoms with E-state index in [2.05, 4.69) is 4.99 Å². The van der Waals surface area contributed by atoms with Crippen LogP contribution >= 0.6 is 11.8 Å². The molecule has 0 aliphatic carbocycles. The first kappa shape index (κ1) is 19.7. The van der Waals surface area contributed by atoms with Gasteiger partial charge in [0.2, 0.25) is 5.75 Å². The Morgan fingerprint density at radius 2 is 1.71 bits per heavy atom. The number of benzene rings is 2. The van der Waals surface area contributed by atoms with Gasteiger partial charge < -0.3 is 14.2 Å². The van der Waals surface area contributed by atoms with Crippen molar-refractivity contribution in [1.29, 1.82) is 0 Å². The van der Waals surface area contributed by atoms with E-state index in [9.17, 15) is 14.9 Å². The SMILES string of the molecule is COc1cc(C(=O)C2CSC(c3ccc([N+](=O)[O-])cc3)=N2)cc(OC)c1OC. The van der Waals surface area contributed by atoms with Gasteiger partial charge in [0.05, 0.1) is 31.3 Å². The molecule has 0 radical (unpaired) electrons. The molecule has 8 nitrogen and oxygen atoms in total. The fourth-order valence-corrected chi connectivity index (χ4v) is 3.85. The van der Waals surface area contributed by atoms with Gasteiger partial charge in [0.25, 0.3) is 5.69 Å². The van der Waals surface area contributed by atoms with Gasteiger partial charge in [-0.05, 0) is 24.3 Å². The molecular formula is C19H18N2O6S. The fraction of sp³-hybridized carbons (Fsp3) is 0.263. The monoisotopic (exact) mass is 402 g/mol. The van der Waals surface area contributed by atoms with Crippen molar-refractivity contribution < 1.29 is 23.9 Å². The fourth-order valence-electron chi connectivity index (χ4n) is 2.81. The van der Waals surface area contributed by atoms with Crippen LogP contribution in [0.25, 0.3) is 0 Å². The Kier molecular flexibility index (Phi) is 5.84. The van der Waals surface area contributed by atoms with E-state index in [0.717, 1.165) is 5.56 Å². The molecule has 1 aliphatic rings. The summed E-state index contributed by atoms with van der Waals surface area (Å²) < 4.78 is 15.9. The Morgan fingerprint density at radius 3 is 2.21 bits per heavy atom. The summed E-state index contributed by atoms with van der Waals surface area (Å²) in [6.07, 6.45) is 0. The predicted molar refractivity (Wildman–Crippen MR) is 106 cm³/mol. The van der Waals surface area contributed by atoms with Crippen molar-refractivity contribution in [1.82, 2.24) is 0 Å². The highest BCUT2D eigenvalue weighted by atomic mass is 32.2. The number of nitro benzene ring substituents is 1. The maximum atomic E-state index is 12.9. The minimum Gasteiger partial charge on any atom is -0.493 e. The highest BCUT2D eigenvalue weighted by Gasteiger charge is 2.28. The van der Waals surface area contributed by atoms with Crippen LogP contribution in [0.5, 0.6) is 17.2 Å². The van der Waals surface area contributed by atoms with Crippen molar-refractivity contribution in [3.63, 3.8) is 0 Å². The lowest BCUT2D eigenvalue weighted by atomic mass is 10.0. The number of ether oxygens (including phenoxy) is 3. The summed E-state index contributed by atoms with van der Waals surface area (Å²) in [6, 6.07) is 8.77. The van der Waals surface area contributed by atoms with Crippen molar-refractivity contribution in [2.75, 3.05) is 27.1 Å². The van der Waals surface area contributed by atoms with Gasteiger partial charge in [-0.1, -0.05) is 0 Å². The zero-order chi connectivity index (χ0) is 20.3. The van der Waals surface area contributed by atoms with Crippen molar-refractivity contribution >= 4 is 28.3 Å². The lowest BCUT2D eigenvalue weighted by molar-refractivity contribution is -0.384. The number of ketones is 1. The van der Waals surface area contributed by atoms with Crippen molar-refractivity contribution in [2.24, 2.45) is 4.99 Å². The van der Waals surface area contributed by atoms with Crippen LogP contribution in [-0.2, 0) is 0 Å². The zero-order valence-electron chi connectivity index (χ0n) is 15.5. The Morgan fingerprint density at radius 1 is 1.11 bits per heavy atom. The molecule has 1 heterocycles. The minimum absolute atomic E-state index is 0.0115. The number of rotatable bonds is 7. The normalized spacial score (nSPS) is 15.7. The molecule has 9 heteroatoms. The number of nitro groups is 1. The van der Waals surface area contributed by atoms with Crippen LogP contribution in [0.2, 0.25) is 0 Å². The molecule has 0 saturated carbocycles. The summed E-state index contributed by atoms with van der Waals surface area (Å²) in [4.78, 5) is 27.8. The predicted octanol–water partition coefficient (Wildman–Crippen LogP) is 3.37. The summed E-state index contributed by atoms with van der Waals surface area (Å²) >= 11 is 1.44. The molecule has 2 aromatic rings. The first-order valence-corrected chi connectivity index (χ1v) is 9.26. The van der Waals surface area contributed by atoms with Gasteiger partial charge in [-0.3, -0.25) is 19.9 Å². The Bertz CT molecular complexity index is 917. The third-order valence-corrected chi connectivity index (χ3v) is 5.32. The molecule has 3 rings (SSSR count). The van der Waals surface area contributed by atoms with Gasteiger partial charge in [-0.15, -0.1) is 11.8 Å². The Hall–Kier alpha value is -3.07. The first-order chi connectivity index (χ1) is 13.5. The molecule has 1 aliphatic heterocycles. The van der Waals surface area contributed by atoms with E-state index in [1.165, 1.54) is 45.2 Å². The molecule has 0 N–H and O–H groups in total. The van der Waals surface area contributed by atoms with Crippen LogP contribution in [0.1, 0.15) is 15.9 Å². The van der Waals surface area contributed by atoms with Crippen LogP contribution in [0.3, 0.4) is 0 Å². The van der Waals surface area contributed by atoms with Gasteiger partial charge in [-0.25, -0.2) is 0 Å². The molecule has 0 saturated heterocycles. The number of Topliss-reactive ketones (excluding diaryl/α,β-unsaturated/α-hetero) is 1. The van der Waals surface area contributed by atoms with Crippen LogP contribution in [0.4, 0.5) is 5.69 Å². The van der Waals surface area contributed by atoms with E-state index in [4.69, 9.17) is 14.2 Å². The van der Waals surface area contributed by atoms with Crippen LogP contribution in [-0.4, -0.2) is 48.9 Å². The number of aliphatic imine (C=N–C) groups is 1. The standard InChI is InChI=1S/C19H18N2O6S/c1-25-15-8-12(9-16(26-2)18(15)27-3)17(22)14-10-28-19(20-14)11-4-6-13(7-5-11)21(23)24/h4-9,14H,10H2,1-3H3. The van der Waals surface area contributed by atoms with E-state index in [1.807, 2.05) is 0 Å². The third kappa shape index (κ3) is 3.79. The smallest absolute Gasteiger partial charge is 0.269 e. The van der Waals surface area contributed by atoms with E-state index in [-0.39, 0.29) is 11.5 Å². The second-order valence-electron chi connectivity index (χ2n) is 5.84. The van der Waals surface area contributed by atoms with Crippen LogP contribution in [0.15, 0.2) is 41.4 Å². The molecule has 146 valence electrons. The topological polar surface area (TPSA) is 100 Å². The molecule has 28 heavy (non-hydrogen) atoms. The molecular weight excluding hydrogens is 384 g/mol. The summed E-state index contributed by atoms with van der Waals surface area (Å²) in [5.41, 5.74) is 1.17. The number of nitrogens with zero attached hydrogens (tertiary/aromatic N) is 2. The number of carbonyl (C=O) groups is 1. The van der Waals surface area contributed by atoms with E-state index < -0.39 is 11.0 Å². The number of hydrogen-bond donors (Lipinski definition) is 0. The first-order valence-electron chi connectivity index (χ1n) is 8.28. The van der Waals surface area contributed by atoms with Gasteiger partial charge in [0, 0.05) is 29.0 Å². The molecule has 2 aromatic carbocycles. The molecule has 1 atom stereocenters. The summed E-state index contributed by atoms with van der Waals surface area (Å²) in [5.74, 6) is 1.54. The largest absolute Gasteiger partial charge is 0.493 e. The van der Waals surface area contributed by atoms with Crippen molar-refractivity contribution in [2.45, 2.75) is 6.04 Å². The molecule has 0 spiro atoms. The highest BCUT2D eigenvalue weighted by Crippen LogP contribution is 2.39. The Labute approximate surface area is 165 Å². The van der Waals surface area contributed by atoms with Gasteiger partial charge in [-0.2, -0.15) is 0 Å². The van der Waals surface area contributed by atoms with Gasteiger partial charge in [0.1, 0.15) is 6.04 Å². The number of thioether (sulfide) groups is 1. The number of non-ortho nitro benzene ring substituents is 1. The second-order valence-corrected chi connectivity index (χ2v) is 6.85. The molecule has 0 aromatic heterocycles. The average Bonchev–Trinajstić information content (AvgIpc) is 3.22. The number of hydrogen-bond acceptors (Lipinski definition) is 8. The van der Waals surface area contributed by atoms with Crippen molar-refractivity contribution in [3.8, 4) is 17.2 Å². The minimum atomic E-state index is -0.557. The lowest BCUT2D eigenvalue weighted by Crippen LogP contribution is -2.19. The van der Waals surface area contributed by atoms with E-state index in [1.54, 1.807) is 24.3 Å². The third-order valence-electron chi connectivity index (χ3n) is 4.23. The van der Waals surface area contributed by atoms with Gasteiger partial charge >= 0.3 is 0 Å². The lowest BCUT2D eigenvalue weighted by Gasteiger charge is -2.14. The molecule has 0 bridgehead atoms. The number of carbonyl (C=O) groups excluding carboxylic acids is 1. The van der Waals surface area contributed by atoms with Gasteiger partial charge in [0.15, 0.2) is 17.3 Å². The van der Waals surface area contributed by atoms with E-state index >= 15 is 0 Å². The molecule has 1 unspecified atom stereocenters. The number of methoxy groups -OCH3 is 3. The maximum Gasteiger partial charge on any atom is 0.269 e. The summed E-state index contributed by atoms with van der Waals surface area (Å²) in [7, 11) is 4.47.